The quantitative estimate of drug-likeness (QED) is 0.754. The number of nitrogens with zero attached hydrogens (tertiary/aromatic N) is 2. The molecule has 1 amide bonds. The molecule has 3 rings (SSSR count). The van der Waals surface area contributed by atoms with E-state index in [0.717, 1.165) is 6.42 Å². The van der Waals surface area contributed by atoms with Crippen molar-refractivity contribution in [3.05, 3.63) is 23.9 Å². The van der Waals surface area contributed by atoms with Gasteiger partial charge >= 0.3 is 5.97 Å². The Morgan fingerprint density at radius 3 is 2.77 bits per heavy atom. The molecule has 1 aromatic rings. The maximum atomic E-state index is 12.2. The normalized spacial score (nSPS) is 21.3. The van der Waals surface area contributed by atoms with Crippen LogP contribution in [0.15, 0.2) is 18.3 Å². The van der Waals surface area contributed by atoms with E-state index in [1.54, 1.807) is 17.0 Å². The van der Waals surface area contributed by atoms with Crippen LogP contribution in [-0.2, 0) is 14.3 Å². The van der Waals surface area contributed by atoms with Gasteiger partial charge in [0.2, 0.25) is 5.88 Å². The van der Waals surface area contributed by atoms with E-state index in [1.165, 1.54) is 13.3 Å². The molecule has 0 N–H and O–H groups in total. The molecule has 0 spiro atoms. The van der Waals surface area contributed by atoms with Crippen LogP contribution in [0.2, 0.25) is 0 Å². The summed E-state index contributed by atoms with van der Waals surface area (Å²) in [6.07, 6.45) is 2.38. The van der Waals surface area contributed by atoms with E-state index >= 15 is 0 Å². The molecule has 7 heteroatoms. The van der Waals surface area contributed by atoms with Crippen molar-refractivity contribution >= 4 is 11.9 Å². The third-order valence-corrected chi connectivity index (χ3v) is 3.86. The second kappa shape index (κ2) is 6.31. The average molecular weight is 306 g/mol. The molecule has 2 fully saturated rings. The number of hydrogen-bond donors (Lipinski definition) is 0. The van der Waals surface area contributed by atoms with E-state index in [9.17, 15) is 9.59 Å². The van der Waals surface area contributed by atoms with Gasteiger partial charge in [-0.1, -0.05) is 0 Å². The zero-order valence-corrected chi connectivity index (χ0v) is 12.4. The summed E-state index contributed by atoms with van der Waals surface area (Å²) in [4.78, 5) is 29.3. The Labute approximate surface area is 128 Å². The second-order valence-corrected chi connectivity index (χ2v) is 5.42. The number of hydrogen-bond acceptors (Lipinski definition) is 6. The van der Waals surface area contributed by atoms with Crippen LogP contribution < -0.4 is 4.74 Å². The molecular formula is C15H18N2O5. The number of ether oxygens (including phenoxy) is 3. The van der Waals surface area contributed by atoms with E-state index < -0.39 is 0 Å². The lowest BCUT2D eigenvalue weighted by Crippen LogP contribution is -2.53. The predicted molar refractivity (Wildman–Crippen MR) is 75.5 cm³/mol. The maximum absolute atomic E-state index is 12.2. The molecule has 2 aliphatic heterocycles. The van der Waals surface area contributed by atoms with Crippen molar-refractivity contribution in [3.63, 3.8) is 0 Å². The third kappa shape index (κ3) is 3.04. The lowest BCUT2D eigenvalue weighted by Gasteiger charge is -2.37. The standard InChI is InChI=1S/C15H18N2O5/c1-20-15(19)11-7-17(8-11)14(18)10-2-3-13(16-6-10)22-12-4-5-21-9-12/h2-3,6,11-12H,4-5,7-9H2,1H3. The van der Waals surface area contributed by atoms with Crippen LogP contribution in [0.4, 0.5) is 0 Å². The smallest absolute Gasteiger partial charge is 0.312 e. The zero-order chi connectivity index (χ0) is 15.5. The summed E-state index contributed by atoms with van der Waals surface area (Å²) in [5, 5.41) is 0. The van der Waals surface area contributed by atoms with Gasteiger partial charge in [0.1, 0.15) is 6.10 Å². The molecule has 0 aromatic carbocycles. The number of esters is 1. The first-order valence-electron chi connectivity index (χ1n) is 7.25. The fourth-order valence-electron chi connectivity index (χ4n) is 2.50. The topological polar surface area (TPSA) is 78.0 Å². The van der Waals surface area contributed by atoms with Gasteiger partial charge in [-0.15, -0.1) is 0 Å². The van der Waals surface area contributed by atoms with Crippen molar-refractivity contribution in [2.75, 3.05) is 33.4 Å². The molecule has 3 heterocycles. The molecule has 0 aliphatic carbocycles. The van der Waals surface area contributed by atoms with Gasteiger partial charge in [0.25, 0.3) is 5.91 Å². The first-order valence-corrected chi connectivity index (χ1v) is 7.25. The van der Waals surface area contributed by atoms with Gasteiger partial charge in [0.05, 0.1) is 31.8 Å². The largest absolute Gasteiger partial charge is 0.472 e. The highest BCUT2D eigenvalue weighted by Gasteiger charge is 2.36. The summed E-state index contributed by atoms with van der Waals surface area (Å²) in [5.41, 5.74) is 0.485. The van der Waals surface area contributed by atoms with Crippen LogP contribution in [-0.4, -0.2) is 61.3 Å². The van der Waals surface area contributed by atoms with Crippen molar-refractivity contribution in [2.24, 2.45) is 5.92 Å². The summed E-state index contributed by atoms with van der Waals surface area (Å²) >= 11 is 0. The maximum Gasteiger partial charge on any atom is 0.312 e. The SMILES string of the molecule is COC(=O)C1CN(C(=O)c2ccc(OC3CCOC3)nc2)C1. The van der Waals surface area contributed by atoms with E-state index in [2.05, 4.69) is 9.72 Å². The number of methoxy groups -OCH3 is 1. The van der Waals surface area contributed by atoms with Gasteiger partial charge in [0.15, 0.2) is 0 Å². The monoisotopic (exact) mass is 306 g/mol. The highest BCUT2D eigenvalue weighted by atomic mass is 16.5. The molecule has 22 heavy (non-hydrogen) atoms. The highest BCUT2D eigenvalue weighted by Crippen LogP contribution is 2.21. The Balaban J connectivity index is 1.54. The molecule has 1 unspecified atom stereocenters. The molecule has 118 valence electrons. The predicted octanol–water partition coefficient (Wildman–Crippen LogP) is 0.494. The summed E-state index contributed by atoms with van der Waals surface area (Å²) in [6, 6.07) is 3.37. The zero-order valence-electron chi connectivity index (χ0n) is 12.4. The van der Waals surface area contributed by atoms with E-state index in [-0.39, 0.29) is 23.9 Å². The number of likely N-dealkylation sites (tertiary alicyclic amines) is 1. The minimum Gasteiger partial charge on any atom is -0.472 e. The van der Waals surface area contributed by atoms with Gasteiger partial charge in [0, 0.05) is 31.8 Å². The van der Waals surface area contributed by atoms with Crippen LogP contribution in [0, 0.1) is 5.92 Å². The Kier molecular flexibility index (Phi) is 4.24. The van der Waals surface area contributed by atoms with Gasteiger partial charge in [-0.2, -0.15) is 0 Å². The van der Waals surface area contributed by atoms with Crippen LogP contribution in [0.25, 0.3) is 0 Å². The number of rotatable bonds is 4. The molecule has 1 aromatic heterocycles. The Morgan fingerprint density at radius 1 is 1.36 bits per heavy atom. The number of aromatic nitrogens is 1. The second-order valence-electron chi connectivity index (χ2n) is 5.42. The van der Waals surface area contributed by atoms with Crippen molar-refractivity contribution in [1.82, 2.24) is 9.88 Å². The molecule has 0 bridgehead atoms. The van der Waals surface area contributed by atoms with Crippen LogP contribution in [0.3, 0.4) is 0 Å². The highest BCUT2D eigenvalue weighted by molar-refractivity contribution is 5.95. The summed E-state index contributed by atoms with van der Waals surface area (Å²) in [5.74, 6) is -0.136. The minimum absolute atomic E-state index is 0.0326. The Bertz CT molecular complexity index is 548. The summed E-state index contributed by atoms with van der Waals surface area (Å²) < 4.78 is 15.5. The summed E-state index contributed by atoms with van der Waals surface area (Å²) in [7, 11) is 1.35. The van der Waals surface area contributed by atoms with Gasteiger partial charge in [-0.05, 0) is 6.07 Å². The molecule has 0 saturated carbocycles. The van der Waals surface area contributed by atoms with Crippen LogP contribution >= 0.6 is 0 Å². The van der Waals surface area contributed by atoms with E-state index in [4.69, 9.17) is 9.47 Å². The fraction of sp³-hybridized carbons (Fsp3) is 0.533. The number of carbonyl (C=O) groups is 2. The number of amides is 1. The van der Waals surface area contributed by atoms with Crippen molar-refractivity contribution in [2.45, 2.75) is 12.5 Å². The first-order chi connectivity index (χ1) is 10.7. The minimum atomic E-state index is -0.273. The van der Waals surface area contributed by atoms with Crippen molar-refractivity contribution in [3.8, 4) is 5.88 Å². The molecule has 7 nitrogen and oxygen atoms in total. The van der Waals surface area contributed by atoms with Crippen molar-refractivity contribution in [1.29, 1.82) is 0 Å². The Hall–Kier alpha value is -2.15. The molecule has 0 radical (unpaired) electrons. The molecule has 2 aliphatic rings. The van der Waals surface area contributed by atoms with E-state index in [0.29, 0.717) is 37.7 Å². The average Bonchev–Trinajstić information content (AvgIpc) is 2.99. The number of pyridine rings is 1. The molecule has 2 saturated heterocycles. The van der Waals surface area contributed by atoms with Crippen LogP contribution in [0.5, 0.6) is 5.88 Å². The summed E-state index contributed by atoms with van der Waals surface area (Å²) in [6.45, 7) is 2.06. The van der Waals surface area contributed by atoms with Crippen molar-refractivity contribution < 1.29 is 23.8 Å². The lowest BCUT2D eigenvalue weighted by molar-refractivity contribution is -0.149. The van der Waals surface area contributed by atoms with Gasteiger partial charge < -0.3 is 19.1 Å². The first kappa shape index (κ1) is 14.8. The van der Waals surface area contributed by atoms with Gasteiger partial charge in [-0.25, -0.2) is 4.98 Å². The lowest BCUT2D eigenvalue weighted by atomic mass is 9.99. The third-order valence-electron chi connectivity index (χ3n) is 3.86. The number of carbonyl (C=O) groups excluding carboxylic acids is 2. The van der Waals surface area contributed by atoms with E-state index in [1.807, 2.05) is 0 Å². The Morgan fingerprint density at radius 2 is 2.18 bits per heavy atom. The van der Waals surface area contributed by atoms with Gasteiger partial charge in [-0.3, -0.25) is 9.59 Å². The van der Waals surface area contributed by atoms with Crippen LogP contribution in [0.1, 0.15) is 16.8 Å². The molecular weight excluding hydrogens is 288 g/mol. The fourth-order valence-corrected chi connectivity index (χ4v) is 2.50. The molecule has 1 atom stereocenters.